The fraction of sp³-hybridized carbons (Fsp3) is 0.930. The van der Waals surface area contributed by atoms with Crippen LogP contribution in [0.5, 0.6) is 0 Å². The van der Waals surface area contributed by atoms with Crippen molar-refractivity contribution in [2.24, 2.45) is 28.6 Å². The van der Waals surface area contributed by atoms with Crippen molar-refractivity contribution in [2.75, 3.05) is 28.4 Å². The molecule has 57 heavy (non-hydrogen) atoms. The molecule has 0 bridgehead atoms. The van der Waals surface area contributed by atoms with E-state index >= 15 is 0 Å². The number of carbonyl (C=O) groups excluding carboxylic acids is 1. The first-order valence-electron chi connectivity index (χ1n) is 21.4. The van der Waals surface area contributed by atoms with E-state index in [0.717, 1.165) is 32.1 Å². The van der Waals surface area contributed by atoms with Gasteiger partial charge in [0.2, 0.25) is 0 Å². The molecular weight excluding hydrogens is 740 g/mol. The third-order valence-electron chi connectivity index (χ3n) is 15.9. The molecule has 4 aliphatic carbocycles. The predicted molar refractivity (Wildman–Crippen MR) is 205 cm³/mol. The molecule has 0 amide bonds. The van der Waals surface area contributed by atoms with Gasteiger partial charge in [0, 0.05) is 52.6 Å². The average molecular weight is 811 g/mol. The summed E-state index contributed by atoms with van der Waals surface area (Å²) in [5.74, 6) is 0.305. The van der Waals surface area contributed by atoms with Crippen molar-refractivity contribution in [1.29, 1.82) is 0 Å². The molecule has 21 atom stereocenters. The van der Waals surface area contributed by atoms with Crippen molar-refractivity contribution < 1.29 is 67.5 Å². The van der Waals surface area contributed by atoms with Gasteiger partial charge in [-0.25, -0.2) is 0 Å². The molecule has 326 valence electrons. The minimum Gasteiger partial charge on any atom is -0.389 e. The van der Waals surface area contributed by atoms with E-state index in [4.69, 9.17) is 47.4 Å². The number of fused-ring (bicyclic) bond motifs is 5. The summed E-state index contributed by atoms with van der Waals surface area (Å²) in [5, 5.41) is 33.8. The van der Waals surface area contributed by atoms with Crippen LogP contribution in [0.3, 0.4) is 0 Å². The summed E-state index contributed by atoms with van der Waals surface area (Å²) in [6, 6.07) is 0. The van der Waals surface area contributed by atoms with Crippen molar-refractivity contribution in [3.63, 3.8) is 0 Å². The van der Waals surface area contributed by atoms with Gasteiger partial charge in [0.25, 0.3) is 0 Å². The van der Waals surface area contributed by atoms with E-state index in [1.165, 1.54) is 12.7 Å². The molecule has 0 aromatic carbocycles. The third kappa shape index (κ3) is 7.52. The fourth-order valence-corrected chi connectivity index (χ4v) is 12.6. The molecule has 14 heteroatoms. The van der Waals surface area contributed by atoms with Crippen molar-refractivity contribution in [3.05, 3.63) is 11.6 Å². The number of rotatable bonds is 11. The number of Topliss-reactive ketones (excluding diaryl/α,β-unsaturated/α-hetero) is 1. The molecule has 7 aliphatic rings. The molecule has 0 aromatic heterocycles. The van der Waals surface area contributed by atoms with Crippen LogP contribution in [0.15, 0.2) is 11.6 Å². The minimum atomic E-state index is -1.21. The first kappa shape index (κ1) is 44.0. The Hall–Kier alpha value is -1.11. The first-order valence-corrected chi connectivity index (χ1v) is 21.4. The lowest BCUT2D eigenvalue weighted by Crippen LogP contribution is -2.66. The minimum absolute atomic E-state index is 0.0178. The van der Waals surface area contributed by atoms with E-state index in [1.807, 2.05) is 13.8 Å². The molecule has 7 rings (SSSR count). The van der Waals surface area contributed by atoms with Gasteiger partial charge >= 0.3 is 0 Å². The maximum Gasteiger partial charge on any atom is 0.187 e. The van der Waals surface area contributed by atoms with Crippen LogP contribution in [0.4, 0.5) is 0 Å². The van der Waals surface area contributed by atoms with Crippen molar-refractivity contribution in [1.82, 2.24) is 0 Å². The molecule has 18 unspecified atom stereocenters. The van der Waals surface area contributed by atoms with Crippen molar-refractivity contribution >= 4 is 5.78 Å². The van der Waals surface area contributed by atoms with E-state index in [2.05, 4.69) is 19.9 Å². The van der Waals surface area contributed by atoms with E-state index in [9.17, 15) is 20.1 Å². The van der Waals surface area contributed by atoms with E-state index < -0.39 is 78.7 Å². The van der Waals surface area contributed by atoms with Crippen LogP contribution in [0.1, 0.15) is 99.3 Å². The normalized spacial score (nSPS) is 52.7. The summed E-state index contributed by atoms with van der Waals surface area (Å²) >= 11 is 0. The molecule has 0 aromatic rings. The topological polar surface area (TPSA) is 170 Å². The van der Waals surface area contributed by atoms with Gasteiger partial charge in [-0.1, -0.05) is 25.5 Å². The lowest BCUT2D eigenvalue weighted by molar-refractivity contribution is -0.352. The van der Waals surface area contributed by atoms with Gasteiger partial charge in [-0.15, -0.1) is 0 Å². The number of aliphatic hydroxyl groups excluding tert-OH is 2. The Labute approximate surface area is 338 Å². The summed E-state index contributed by atoms with van der Waals surface area (Å²) in [6.45, 7) is 11.7. The number of ether oxygens (including phenoxy) is 10. The molecule has 14 nitrogen and oxygen atoms in total. The Morgan fingerprint density at radius 3 is 1.96 bits per heavy atom. The lowest BCUT2D eigenvalue weighted by Gasteiger charge is -2.63. The van der Waals surface area contributed by atoms with Gasteiger partial charge in [0.05, 0.1) is 48.3 Å². The maximum absolute atomic E-state index is 12.8. The van der Waals surface area contributed by atoms with E-state index in [-0.39, 0.29) is 53.4 Å². The molecule has 0 radical (unpaired) electrons. The number of allylic oxidation sites excluding steroid dienone is 1. The monoisotopic (exact) mass is 810 g/mol. The zero-order chi connectivity index (χ0) is 41.2. The van der Waals surface area contributed by atoms with Gasteiger partial charge < -0.3 is 62.7 Å². The highest BCUT2D eigenvalue weighted by Crippen LogP contribution is 2.68. The molecule has 6 fully saturated rings. The van der Waals surface area contributed by atoms with E-state index in [0.29, 0.717) is 25.7 Å². The highest BCUT2D eigenvalue weighted by Gasteiger charge is 2.70. The van der Waals surface area contributed by atoms with Crippen LogP contribution < -0.4 is 0 Å². The van der Waals surface area contributed by atoms with Crippen LogP contribution in [0.25, 0.3) is 0 Å². The van der Waals surface area contributed by atoms with Gasteiger partial charge in [-0.05, 0) is 89.9 Å². The van der Waals surface area contributed by atoms with Gasteiger partial charge in [-0.2, -0.15) is 0 Å². The molecule has 3 saturated heterocycles. The smallest absolute Gasteiger partial charge is 0.187 e. The predicted octanol–water partition coefficient (Wildman–Crippen LogP) is 3.83. The third-order valence-corrected chi connectivity index (χ3v) is 15.9. The summed E-state index contributed by atoms with van der Waals surface area (Å²) in [5.41, 5.74) is -0.233. The van der Waals surface area contributed by atoms with Crippen molar-refractivity contribution in [2.45, 2.75) is 197 Å². The second-order valence-electron chi connectivity index (χ2n) is 18.6. The second kappa shape index (κ2) is 17.0. The zero-order valence-corrected chi connectivity index (χ0v) is 35.7. The van der Waals surface area contributed by atoms with Crippen molar-refractivity contribution in [3.8, 4) is 0 Å². The first-order chi connectivity index (χ1) is 27.0. The largest absolute Gasteiger partial charge is 0.389 e. The Kier molecular flexibility index (Phi) is 13.1. The van der Waals surface area contributed by atoms with Crippen LogP contribution in [-0.2, 0) is 52.2 Å². The van der Waals surface area contributed by atoms with Crippen LogP contribution in [0, 0.1) is 28.6 Å². The molecule has 0 spiro atoms. The average Bonchev–Trinajstić information content (AvgIpc) is 3.47. The Morgan fingerprint density at radius 2 is 1.37 bits per heavy atom. The van der Waals surface area contributed by atoms with Gasteiger partial charge in [0.15, 0.2) is 18.9 Å². The molecule has 3 saturated carbocycles. The fourth-order valence-electron chi connectivity index (χ4n) is 12.6. The zero-order valence-electron chi connectivity index (χ0n) is 35.7. The molecular formula is C43H70O14. The molecule has 3 N–H and O–H groups in total. The molecule has 3 aliphatic heterocycles. The summed E-state index contributed by atoms with van der Waals surface area (Å²) in [4.78, 5) is 12.8. The maximum atomic E-state index is 12.8. The number of ketones is 1. The highest BCUT2D eigenvalue weighted by atomic mass is 16.8. The number of aliphatic hydroxyl groups is 3. The summed E-state index contributed by atoms with van der Waals surface area (Å²) in [6.07, 6.45) is 0.189. The SMILES string of the molecule is COC1CC(OC2CC[C@@]3(C)C(=CCC4C3CC(OC)[C@]3(C)[C@@H](C(C)=O)CCC43O)C2)OC(C)C1OC1CC(OC)C(OC2OC(C)C(O)C(OC)C2O)C(C)O1. The highest BCUT2D eigenvalue weighted by molar-refractivity contribution is 5.80. The second-order valence-corrected chi connectivity index (χ2v) is 18.6. The number of hydrogen-bond donors (Lipinski definition) is 3. The number of hydrogen-bond acceptors (Lipinski definition) is 14. The summed E-state index contributed by atoms with van der Waals surface area (Å²) in [7, 11) is 6.45. The van der Waals surface area contributed by atoms with Crippen LogP contribution in [0.2, 0.25) is 0 Å². The van der Waals surface area contributed by atoms with Crippen LogP contribution in [-0.4, -0.2) is 147 Å². The lowest BCUT2D eigenvalue weighted by atomic mass is 9.45. The summed E-state index contributed by atoms with van der Waals surface area (Å²) < 4.78 is 61.6. The van der Waals surface area contributed by atoms with Gasteiger partial charge in [0.1, 0.15) is 36.3 Å². The standard InChI is InChI=1S/C43H70O14/c1-21(44)27-14-16-43(47)28-12-11-25-17-26(13-15-41(25,5)29(28)18-32(50-9)42(27,43)6)55-33-19-30(48-7)37(23(3)52-33)56-34-20-31(49-8)38(24(4)53-34)57-40-36(46)39(51-10)35(45)22(2)54-40/h11,22-24,26-40,45-47H,12-20H2,1-10H3/t22?,23?,24?,26?,27-,28?,29?,30?,31?,32?,33?,34?,35?,36?,37?,38?,39?,40?,41+,42+,43?/m1/s1. The Morgan fingerprint density at radius 1 is 0.737 bits per heavy atom. The van der Waals surface area contributed by atoms with Crippen LogP contribution >= 0.6 is 0 Å². The van der Waals surface area contributed by atoms with E-state index in [1.54, 1.807) is 35.2 Å². The Bertz CT molecular complexity index is 1450. The quantitative estimate of drug-likeness (QED) is 0.258. The number of methoxy groups -OCH3 is 4. The molecule has 3 heterocycles. The number of carbonyl (C=O) groups is 1. The Balaban J connectivity index is 0.957. The van der Waals surface area contributed by atoms with Gasteiger partial charge in [-0.3, -0.25) is 4.79 Å².